The predicted octanol–water partition coefficient (Wildman–Crippen LogP) is 0.978. The molecule has 5 rings (SSSR count). The fourth-order valence-corrected chi connectivity index (χ4v) is 3.72. The summed E-state index contributed by atoms with van der Waals surface area (Å²) in [5, 5.41) is 1.04. The van der Waals surface area contributed by atoms with Gasteiger partial charge in [0.1, 0.15) is 18.0 Å². The Bertz CT molecular complexity index is 948. The minimum absolute atomic E-state index is 0.750. The number of fused-ring (bicyclic) bond motifs is 1. The average molecular weight is 378 g/mol. The van der Waals surface area contributed by atoms with Gasteiger partial charge in [-0.3, -0.25) is 4.98 Å². The van der Waals surface area contributed by atoms with Gasteiger partial charge in [-0.15, -0.1) is 0 Å². The minimum Gasteiger partial charge on any atom is -0.378 e. The first-order valence-corrected chi connectivity index (χ1v) is 9.59. The van der Waals surface area contributed by atoms with Crippen LogP contribution in [0.5, 0.6) is 0 Å². The molecule has 0 aliphatic carbocycles. The molecule has 0 amide bonds. The molecule has 0 radical (unpaired) electrons. The summed E-state index contributed by atoms with van der Waals surface area (Å²) in [6.07, 6.45) is 7.03. The molecule has 9 heteroatoms. The van der Waals surface area contributed by atoms with Gasteiger partial charge in [0, 0.05) is 57.0 Å². The van der Waals surface area contributed by atoms with Crippen LogP contribution in [0.15, 0.2) is 37.1 Å². The van der Waals surface area contributed by atoms with Gasteiger partial charge in [-0.1, -0.05) is 0 Å². The Morgan fingerprint density at radius 2 is 1.61 bits per heavy atom. The number of pyridine rings is 1. The van der Waals surface area contributed by atoms with E-state index in [4.69, 9.17) is 9.72 Å². The topological polar surface area (TPSA) is 83.4 Å². The molecular formula is C19H22N8O. The van der Waals surface area contributed by atoms with Gasteiger partial charge in [-0.2, -0.15) is 4.98 Å². The van der Waals surface area contributed by atoms with E-state index in [1.165, 1.54) is 0 Å². The number of piperazine rings is 1. The molecule has 0 N–H and O–H groups in total. The van der Waals surface area contributed by atoms with Gasteiger partial charge in [-0.05, 0) is 12.1 Å². The number of ether oxygens (including phenoxy) is 1. The van der Waals surface area contributed by atoms with E-state index in [-0.39, 0.29) is 0 Å². The maximum Gasteiger partial charge on any atom is 0.227 e. The third kappa shape index (κ3) is 3.29. The zero-order valence-corrected chi connectivity index (χ0v) is 15.6. The average Bonchev–Trinajstić information content (AvgIpc) is 2.79. The van der Waals surface area contributed by atoms with E-state index < -0.39 is 0 Å². The Labute approximate surface area is 163 Å². The molecule has 5 heterocycles. The molecule has 0 atom stereocenters. The first-order valence-electron chi connectivity index (χ1n) is 9.59. The molecule has 3 aromatic rings. The molecule has 144 valence electrons. The highest BCUT2D eigenvalue weighted by Crippen LogP contribution is 2.24. The highest BCUT2D eigenvalue weighted by atomic mass is 16.5. The van der Waals surface area contributed by atoms with Crippen LogP contribution in [0.3, 0.4) is 0 Å². The van der Waals surface area contributed by atoms with E-state index in [9.17, 15) is 0 Å². The van der Waals surface area contributed by atoms with Gasteiger partial charge in [0.2, 0.25) is 5.95 Å². The molecule has 3 aromatic heterocycles. The quantitative estimate of drug-likeness (QED) is 0.662. The first kappa shape index (κ1) is 17.1. The van der Waals surface area contributed by atoms with Crippen LogP contribution in [-0.4, -0.2) is 77.4 Å². The molecule has 0 bridgehead atoms. The SMILES string of the molecule is c1cc2c(N3CCN(c4nccc(N5CCOCC5)n4)CC3)ncnc2cn1. The molecule has 0 saturated carbocycles. The summed E-state index contributed by atoms with van der Waals surface area (Å²) in [6.45, 7) is 6.67. The summed E-state index contributed by atoms with van der Waals surface area (Å²) < 4.78 is 5.44. The summed E-state index contributed by atoms with van der Waals surface area (Å²) in [5.74, 6) is 2.74. The minimum atomic E-state index is 0.750. The van der Waals surface area contributed by atoms with Gasteiger partial charge < -0.3 is 19.4 Å². The van der Waals surface area contributed by atoms with Crippen LogP contribution in [0, 0.1) is 0 Å². The number of anilines is 3. The van der Waals surface area contributed by atoms with Crippen molar-refractivity contribution in [2.75, 3.05) is 67.2 Å². The first-order chi connectivity index (χ1) is 13.9. The van der Waals surface area contributed by atoms with E-state index >= 15 is 0 Å². The Hall–Kier alpha value is -3.07. The Morgan fingerprint density at radius 1 is 0.786 bits per heavy atom. The molecule has 2 aliphatic rings. The van der Waals surface area contributed by atoms with Crippen LogP contribution in [0.25, 0.3) is 10.9 Å². The normalized spacial score (nSPS) is 17.9. The maximum absolute atomic E-state index is 5.44. The van der Waals surface area contributed by atoms with Gasteiger partial charge in [0.05, 0.1) is 24.9 Å². The Kier molecular flexibility index (Phi) is 4.58. The summed E-state index contributed by atoms with van der Waals surface area (Å²) in [4.78, 5) is 29.1. The lowest BCUT2D eigenvalue weighted by molar-refractivity contribution is 0.122. The second kappa shape index (κ2) is 7.51. The molecule has 2 fully saturated rings. The maximum atomic E-state index is 5.44. The van der Waals surface area contributed by atoms with E-state index in [0.717, 1.165) is 81.0 Å². The summed E-state index contributed by atoms with van der Waals surface area (Å²) in [7, 11) is 0. The largest absolute Gasteiger partial charge is 0.378 e. The molecule has 0 spiro atoms. The molecule has 2 saturated heterocycles. The van der Waals surface area contributed by atoms with Crippen molar-refractivity contribution in [2.45, 2.75) is 0 Å². The van der Waals surface area contributed by atoms with E-state index in [1.54, 1.807) is 18.7 Å². The predicted molar refractivity (Wildman–Crippen MR) is 107 cm³/mol. The summed E-state index contributed by atoms with van der Waals surface area (Å²) >= 11 is 0. The molecule has 28 heavy (non-hydrogen) atoms. The second-order valence-electron chi connectivity index (χ2n) is 6.88. The molecule has 0 aromatic carbocycles. The molecule has 9 nitrogen and oxygen atoms in total. The highest BCUT2D eigenvalue weighted by molar-refractivity contribution is 5.88. The molecule has 0 unspecified atom stereocenters. The van der Waals surface area contributed by atoms with Crippen LogP contribution >= 0.6 is 0 Å². The second-order valence-corrected chi connectivity index (χ2v) is 6.88. The van der Waals surface area contributed by atoms with Crippen LogP contribution in [-0.2, 0) is 4.74 Å². The fraction of sp³-hybridized carbons (Fsp3) is 0.421. The van der Waals surface area contributed by atoms with Crippen molar-refractivity contribution in [3.05, 3.63) is 37.1 Å². The van der Waals surface area contributed by atoms with Gasteiger partial charge in [-0.25, -0.2) is 15.0 Å². The van der Waals surface area contributed by atoms with E-state index in [2.05, 4.69) is 34.6 Å². The highest BCUT2D eigenvalue weighted by Gasteiger charge is 2.22. The zero-order chi connectivity index (χ0) is 18.8. The number of aromatic nitrogens is 5. The lowest BCUT2D eigenvalue weighted by atomic mass is 10.2. The van der Waals surface area contributed by atoms with Crippen LogP contribution < -0.4 is 14.7 Å². The number of hydrogen-bond donors (Lipinski definition) is 0. The van der Waals surface area contributed by atoms with E-state index in [0.29, 0.717) is 0 Å². The van der Waals surface area contributed by atoms with Gasteiger partial charge in [0.15, 0.2) is 0 Å². The number of morpholine rings is 1. The third-order valence-corrected chi connectivity index (χ3v) is 5.24. The van der Waals surface area contributed by atoms with Crippen molar-refractivity contribution in [3.63, 3.8) is 0 Å². The molecular weight excluding hydrogens is 356 g/mol. The smallest absolute Gasteiger partial charge is 0.227 e. The van der Waals surface area contributed by atoms with Crippen LogP contribution in [0.1, 0.15) is 0 Å². The zero-order valence-electron chi connectivity index (χ0n) is 15.6. The molecule has 2 aliphatic heterocycles. The van der Waals surface area contributed by atoms with Crippen molar-refractivity contribution in [2.24, 2.45) is 0 Å². The van der Waals surface area contributed by atoms with Crippen molar-refractivity contribution in [3.8, 4) is 0 Å². The standard InChI is InChI=1S/C19H22N8O/c1-3-20-13-16-15(1)18(23-14-22-16)26-5-7-27(8-6-26)19-21-4-2-17(24-19)25-9-11-28-12-10-25/h1-4,13-14H,5-12H2. The van der Waals surface area contributed by atoms with Crippen molar-refractivity contribution in [1.29, 1.82) is 0 Å². The van der Waals surface area contributed by atoms with Crippen molar-refractivity contribution < 1.29 is 4.74 Å². The van der Waals surface area contributed by atoms with Crippen LogP contribution in [0.2, 0.25) is 0 Å². The monoisotopic (exact) mass is 378 g/mol. The van der Waals surface area contributed by atoms with Gasteiger partial charge >= 0.3 is 0 Å². The van der Waals surface area contributed by atoms with Crippen LogP contribution in [0.4, 0.5) is 17.6 Å². The Balaban J connectivity index is 1.31. The lowest BCUT2D eigenvalue weighted by Crippen LogP contribution is -2.47. The number of nitrogens with zero attached hydrogens (tertiary/aromatic N) is 8. The Morgan fingerprint density at radius 3 is 2.46 bits per heavy atom. The summed E-state index contributed by atoms with van der Waals surface area (Å²) in [5.41, 5.74) is 0.872. The van der Waals surface area contributed by atoms with Gasteiger partial charge in [0.25, 0.3) is 0 Å². The third-order valence-electron chi connectivity index (χ3n) is 5.24. The summed E-state index contributed by atoms with van der Waals surface area (Å²) in [6, 6.07) is 3.96. The number of hydrogen-bond acceptors (Lipinski definition) is 9. The van der Waals surface area contributed by atoms with E-state index in [1.807, 2.05) is 18.3 Å². The van der Waals surface area contributed by atoms with Crippen molar-refractivity contribution >= 4 is 28.5 Å². The fourth-order valence-electron chi connectivity index (χ4n) is 3.72. The van der Waals surface area contributed by atoms with Crippen molar-refractivity contribution in [1.82, 2.24) is 24.9 Å². The lowest BCUT2D eigenvalue weighted by Gasteiger charge is -2.36. The number of rotatable bonds is 3.